The summed E-state index contributed by atoms with van der Waals surface area (Å²) in [5, 5.41) is 0.754. The van der Waals surface area contributed by atoms with Gasteiger partial charge in [0.1, 0.15) is 5.82 Å². The van der Waals surface area contributed by atoms with Gasteiger partial charge in [-0.1, -0.05) is 29.8 Å². The van der Waals surface area contributed by atoms with E-state index in [0.717, 1.165) is 42.9 Å². The number of hydrogen-bond donors (Lipinski definition) is 1. The third kappa shape index (κ3) is 4.11. The zero-order chi connectivity index (χ0) is 16.2. The number of fused-ring (bicyclic) bond motifs is 1. The lowest BCUT2D eigenvalue weighted by Crippen LogP contribution is -2.42. The minimum absolute atomic E-state index is 0.149. The predicted octanol–water partition coefficient (Wildman–Crippen LogP) is 3.80. The van der Waals surface area contributed by atoms with Gasteiger partial charge in [-0.3, -0.25) is 4.90 Å². The van der Waals surface area contributed by atoms with E-state index in [1.165, 1.54) is 11.1 Å². The molecule has 3 rings (SSSR count). The lowest BCUT2D eigenvalue weighted by atomic mass is 9.90. The quantitative estimate of drug-likeness (QED) is 0.902. The second-order valence-corrected chi connectivity index (χ2v) is 6.65. The highest BCUT2D eigenvalue weighted by atomic mass is 35.5. The van der Waals surface area contributed by atoms with Gasteiger partial charge in [0.15, 0.2) is 0 Å². The number of benzene rings is 2. The predicted molar refractivity (Wildman–Crippen MR) is 93.1 cm³/mol. The first-order valence-corrected chi connectivity index (χ1v) is 8.49. The van der Waals surface area contributed by atoms with Crippen LogP contribution in [0.5, 0.6) is 0 Å². The molecule has 0 saturated carbocycles. The Morgan fingerprint density at radius 1 is 1.13 bits per heavy atom. The second kappa shape index (κ2) is 7.43. The van der Waals surface area contributed by atoms with Crippen molar-refractivity contribution in [2.75, 3.05) is 13.1 Å². The maximum atomic E-state index is 13.5. The fourth-order valence-electron chi connectivity index (χ4n) is 3.32. The SMILES string of the molecule is NCCCN1Cc2ccc(F)cc2CC1Cc1ccc(Cl)cc1. The maximum absolute atomic E-state index is 13.5. The zero-order valence-electron chi connectivity index (χ0n) is 13.1. The minimum Gasteiger partial charge on any atom is -0.330 e. The lowest BCUT2D eigenvalue weighted by molar-refractivity contribution is 0.169. The topological polar surface area (TPSA) is 29.3 Å². The van der Waals surface area contributed by atoms with Crippen LogP contribution in [0.15, 0.2) is 42.5 Å². The van der Waals surface area contributed by atoms with E-state index in [1.807, 2.05) is 18.2 Å². The molecule has 0 amide bonds. The molecule has 1 aliphatic heterocycles. The van der Waals surface area contributed by atoms with Crippen LogP contribution in [-0.2, 0) is 19.4 Å². The summed E-state index contributed by atoms with van der Waals surface area (Å²) in [6.45, 7) is 2.54. The molecule has 1 heterocycles. The van der Waals surface area contributed by atoms with Crippen molar-refractivity contribution in [3.63, 3.8) is 0 Å². The molecule has 0 radical (unpaired) electrons. The highest BCUT2D eigenvalue weighted by molar-refractivity contribution is 6.30. The first-order valence-electron chi connectivity index (χ1n) is 8.11. The molecule has 2 aromatic carbocycles. The molecule has 0 bridgehead atoms. The molecule has 2 N–H and O–H groups in total. The van der Waals surface area contributed by atoms with Gasteiger partial charge in [0.25, 0.3) is 0 Å². The molecular formula is C19H22ClFN2. The van der Waals surface area contributed by atoms with Crippen molar-refractivity contribution in [2.45, 2.75) is 31.8 Å². The van der Waals surface area contributed by atoms with E-state index in [4.69, 9.17) is 17.3 Å². The average Bonchev–Trinajstić information content (AvgIpc) is 2.55. The van der Waals surface area contributed by atoms with Crippen LogP contribution in [0.3, 0.4) is 0 Å². The van der Waals surface area contributed by atoms with Crippen molar-refractivity contribution in [3.05, 3.63) is 70.0 Å². The second-order valence-electron chi connectivity index (χ2n) is 6.21. The normalized spacial score (nSPS) is 18.0. The molecule has 2 aromatic rings. The van der Waals surface area contributed by atoms with Crippen LogP contribution < -0.4 is 5.73 Å². The first kappa shape index (κ1) is 16.4. The van der Waals surface area contributed by atoms with Crippen LogP contribution in [0.1, 0.15) is 23.1 Å². The summed E-state index contributed by atoms with van der Waals surface area (Å²) in [4.78, 5) is 2.47. The molecule has 0 fully saturated rings. The molecule has 1 aliphatic rings. The van der Waals surface area contributed by atoms with E-state index >= 15 is 0 Å². The van der Waals surface area contributed by atoms with Crippen molar-refractivity contribution >= 4 is 11.6 Å². The molecule has 0 aromatic heterocycles. The van der Waals surface area contributed by atoms with Crippen molar-refractivity contribution in [1.29, 1.82) is 0 Å². The standard InChI is InChI=1S/C19H22ClFN2/c20-17-5-2-14(3-6-17)10-19-12-16-11-18(21)7-4-15(16)13-23(19)9-1-8-22/h2-7,11,19H,1,8-10,12-13,22H2. The summed E-state index contributed by atoms with van der Waals surface area (Å²) >= 11 is 5.97. The Labute approximate surface area is 142 Å². The molecule has 122 valence electrons. The van der Waals surface area contributed by atoms with E-state index in [1.54, 1.807) is 12.1 Å². The van der Waals surface area contributed by atoms with Crippen molar-refractivity contribution in [2.24, 2.45) is 5.73 Å². The number of hydrogen-bond acceptors (Lipinski definition) is 2. The van der Waals surface area contributed by atoms with Gasteiger partial charge < -0.3 is 5.73 Å². The molecule has 1 atom stereocenters. The third-order valence-electron chi connectivity index (χ3n) is 4.55. The monoisotopic (exact) mass is 332 g/mol. The van der Waals surface area contributed by atoms with Gasteiger partial charge in [-0.15, -0.1) is 0 Å². The third-order valence-corrected chi connectivity index (χ3v) is 4.80. The van der Waals surface area contributed by atoms with E-state index in [2.05, 4.69) is 17.0 Å². The van der Waals surface area contributed by atoms with Crippen LogP contribution in [0, 0.1) is 5.82 Å². The average molecular weight is 333 g/mol. The Bertz CT molecular complexity index is 657. The van der Waals surface area contributed by atoms with E-state index < -0.39 is 0 Å². The van der Waals surface area contributed by atoms with Crippen molar-refractivity contribution < 1.29 is 4.39 Å². The molecule has 2 nitrogen and oxygen atoms in total. The smallest absolute Gasteiger partial charge is 0.123 e. The Morgan fingerprint density at radius 3 is 2.65 bits per heavy atom. The summed E-state index contributed by atoms with van der Waals surface area (Å²) in [7, 11) is 0. The first-order chi connectivity index (χ1) is 11.2. The molecule has 4 heteroatoms. The van der Waals surface area contributed by atoms with Gasteiger partial charge in [-0.05, 0) is 66.8 Å². The summed E-state index contributed by atoms with van der Waals surface area (Å²) in [5.41, 5.74) is 9.31. The van der Waals surface area contributed by atoms with Gasteiger partial charge in [0.2, 0.25) is 0 Å². The Morgan fingerprint density at radius 2 is 1.91 bits per heavy atom. The fraction of sp³-hybridized carbons (Fsp3) is 0.368. The van der Waals surface area contributed by atoms with Gasteiger partial charge >= 0.3 is 0 Å². The van der Waals surface area contributed by atoms with Gasteiger partial charge in [0, 0.05) is 24.2 Å². The Kier molecular flexibility index (Phi) is 5.31. The van der Waals surface area contributed by atoms with Crippen LogP contribution in [-0.4, -0.2) is 24.0 Å². The van der Waals surface area contributed by atoms with Gasteiger partial charge in [-0.25, -0.2) is 4.39 Å². The van der Waals surface area contributed by atoms with Crippen LogP contribution in [0.4, 0.5) is 4.39 Å². The highest BCUT2D eigenvalue weighted by Gasteiger charge is 2.26. The van der Waals surface area contributed by atoms with E-state index in [0.29, 0.717) is 12.6 Å². The molecule has 0 saturated heterocycles. The van der Waals surface area contributed by atoms with E-state index in [9.17, 15) is 4.39 Å². The lowest BCUT2D eigenvalue weighted by Gasteiger charge is -2.37. The van der Waals surface area contributed by atoms with Crippen molar-refractivity contribution in [3.8, 4) is 0 Å². The number of halogens is 2. The molecule has 23 heavy (non-hydrogen) atoms. The van der Waals surface area contributed by atoms with Gasteiger partial charge in [-0.2, -0.15) is 0 Å². The van der Waals surface area contributed by atoms with Crippen molar-refractivity contribution in [1.82, 2.24) is 4.90 Å². The summed E-state index contributed by atoms with van der Waals surface area (Å²) in [6, 6.07) is 13.5. The van der Waals surface area contributed by atoms with Gasteiger partial charge in [0.05, 0.1) is 0 Å². The number of rotatable bonds is 5. The van der Waals surface area contributed by atoms with Crippen LogP contribution in [0.25, 0.3) is 0 Å². The van der Waals surface area contributed by atoms with E-state index in [-0.39, 0.29) is 5.82 Å². The zero-order valence-corrected chi connectivity index (χ0v) is 13.9. The van der Waals surface area contributed by atoms with Crippen LogP contribution in [0.2, 0.25) is 5.02 Å². The molecule has 0 spiro atoms. The number of nitrogens with two attached hydrogens (primary N) is 1. The number of nitrogens with zero attached hydrogens (tertiary/aromatic N) is 1. The highest BCUT2D eigenvalue weighted by Crippen LogP contribution is 2.26. The summed E-state index contributed by atoms with van der Waals surface area (Å²) in [5.74, 6) is -0.149. The molecule has 1 unspecified atom stereocenters. The summed E-state index contributed by atoms with van der Waals surface area (Å²) in [6.07, 6.45) is 2.80. The fourth-order valence-corrected chi connectivity index (χ4v) is 3.45. The molecule has 0 aliphatic carbocycles. The Balaban J connectivity index is 1.80. The molecular weight excluding hydrogens is 311 g/mol. The Hall–Kier alpha value is -1.42. The largest absolute Gasteiger partial charge is 0.330 e. The van der Waals surface area contributed by atoms with Crippen LogP contribution >= 0.6 is 11.6 Å². The minimum atomic E-state index is -0.149. The maximum Gasteiger partial charge on any atom is 0.123 e. The summed E-state index contributed by atoms with van der Waals surface area (Å²) < 4.78 is 13.5.